The largest absolute Gasteiger partial charge is 0.328 e. The van der Waals surface area contributed by atoms with Gasteiger partial charge in [0.25, 0.3) is 0 Å². The fourth-order valence-electron chi connectivity index (χ4n) is 1.25. The quantitative estimate of drug-likeness (QED) is 0.758. The Balaban J connectivity index is 2.46. The van der Waals surface area contributed by atoms with Gasteiger partial charge in [-0.3, -0.25) is 4.79 Å². The fourth-order valence-corrected chi connectivity index (χ4v) is 1.25. The number of rotatable bonds is 4. The minimum atomic E-state index is -0.0313. The molecule has 1 atom stereocenters. The van der Waals surface area contributed by atoms with Crippen LogP contribution < -0.4 is 5.73 Å². The summed E-state index contributed by atoms with van der Waals surface area (Å²) in [4.78, 5) is 11.3. The molecule has 0 spiro atoms. The van der Waals surface area contributed by atoms with Gasteiger partial charge in [-0.15, -0.1) is 0 Å². The molecule has 0 saturated heterocycles. The predicted octanol–water partition coefficient (Wildman–Crippen LogP) is 1.54. The maximum atomic E-state index is 11.3. The SMILES string of the molecule is CC(N)CC(=O)Cc1ccccc1. The van der Waals surface area contributed by atoms with Gasteiger partial charge in [0.05, 0.1) is 0 Å². The summed E-state index contributed by atoms with van der Waals surface area (Å²) < 4.78 is 0. The molecule has 0 amide bonds. The summed E-state index contributed by atoms with van der Waals surface area (Å²) in [7, 11) is 0. The van der Waals surface area contributed by atoms with Crippen LogP contribution in [0.15, 0.2) is 30.3 Å². The number of Topliss-reactive ketones (excluding diaryl/α,β-unsaturated/α-hetero) is 1. The van der Waals surface area contributed by atoms with Crippen LogP contribution in [0.4, 0.5) is 0 Å². The first-order valence-corrected chi connectivity index (χ1v) is 4.49. The van der Waals surface area contributed by atoms with Gasteiger partial charge in [0.1, 0.15) is 5.78 Å². The molecule has 0 aliphatic carbocycles. The van der Waals surface area contributed by atoms with Gasteiger partial charge in [0.15, 0.2) is 0 Å². The van der Waals surface area contributed by atoms with Gasteiger partial charge in [-0.05, 0) is 12.5 Å². The Morgan fingerprint density at radius 2 is 2.00 bits per heavy atom. The molecule has 70 valence electrons. The highest BCUT2D eigenvalue weighted by molar-refractivity contribution is 5.81. The molecule has 0 aromatic heterocycles. The topological polar surface area (TPSA) is 43.1 Å². The average molecular weight is 177 g/mol. The van der Waals surface area contributed by atoms with E-state index in [1.807, 2.05) is 37.3 Å². The van der Waals surface area contributed by atoms with Crippen LogP contribution in [-0.2, 0) is 11.2 Å². The zero-order valence-electron chi connectivity index (χ0n) is 7.86. The molecule has 2 heteroatoms. The van der Waals surface area contributed by atoms with E-state index in [-0.39, 0.29) is 11.8 Å². The maximum Gasteiger partial charge on any atom is 0.138 e. The van der Waals surface area contributed by atoms with E-state index in [2.05, 4.69) is 0 Å². The van der Waals surface area contributed by atoms with E-state index in [1.165, 1.54) is 0 Å². The zero-order chi connectivity index (χ0) is 9.68. The summed E-state index contributed by atoms with van der Waals surface area (Å²) >= 11 is 0. The minimum absolute atomic E-state index is 0.0313. The van der Waals surface area contributed by atoms with Crippen molar-refractivity contribution < 1.29 is 4.79 Å². The fraction of sp³-hybridized carbons (Fsp3) is 0.364. The molecule has 0 radical (unpaired) electrons. The van der Waals surface area contributed by atoms with E-state index in [0.29, 0.717) is 12.8 Å². The first-order valence-electron chi connectivity index (χ1n) is 4.49. The number of ketones is 1. The van der Waals surface area contributed by atoms with Gasteiger partial charge in [-0.1, -0.05) is 30.3 Å². The molecule has 0 fully saturated rings. The van der Waals surface area contributed by atoms with Crippen molar-refractivity contribution in [2.24, 2.45) is 5.73 Å². The molecule has 1 rings (SSSR count). The lowest BCUT2D eigenvalue weighted by Crippen LogP contribution is -2.20. The van der Waals surface area contributed by atoms with Crippen LogP contribution in [0.1, 0.15) is 18.9 Å². The van der Waals surface area contributed by atoms with Crippen molar-refractivity contribution in [3.63, 3.8) is 0 Å². The van der Waals surface area contributed by atoms with Crippen molar-refractivity contribution in [1.82, 2.24) is 0 Å². The van der Waals surface area contributed by atoms with Crippen LogP contribution in [0.25, 0.3) is 0 Å². The van der Waals surface area contributed by atoms with Crippen LogP contribution in [-0.4, -0.2) is 11.8 Å². The van der Waals surface area contributed by atoms with Crippen molar-refractivity contribution in [1.29, 1.82) is 0 Å². The Kier molecular flexibility index (Phi) is 3.65. The average Bonchev–Trinajstić information content (AvgIpc) is 2.04. The number of hydrogen-bond donors (Lipinski definition) is 1. The van der Waals surface area contributed by atoms with Crippen LogP contribution in [0.5, 0.6) is 0 Å². The molecule has 1 aromatic rings. The van der Waals surface area contributed by atoms with E-state index < -0.39 is 0 Å². The Morgan fingerprint density at radius 3 is 2.54 bits per heavy atom. The summed E-state index contributed by atoms with van der Waals surface area (Å²) in [5, 5.41) is 0. The van der Waals surface area contributed by atoms with E-state index >= 15 is 0 Å². The van der Waals surface area contributed by atoms with Crippen LogP contribution in [0, 0.1) is 0 Å². The predicted molar refractivity (Wildman–Crippen MR) is 53.4 cm³/mol. The second kappa shape index (κ2) is 4.77. The molecule has 0 saturated carbocycles. The molecule has 2 nitrogen and oxygen atoms in total. The summed E-state index contributed by atoms with van der Waals surface area (Å²) in [6, 6.07) is 9.71. The van der Waals surface area contributed by atoms with Gasteiger partial charge < -0.3 is 5.73 Å². The Hall–Kier alpha value is -1.15. The Bertz CT molecular complexity index is 267. The van der Waals surface area contributed by atoms with Crippen molar-refractivity contribution in [2.45, 2.75) is 25.8 Å². The van der Waals surface area contributed by atoms with E-state index in [9.17, 15) is 4.79 Å². The zero-order valence-corrected chi connectivity index (χ0v) is 7.86. The summed E-state index contributed by atoms with van der Waals surface area (Å²) in [5.41, 5.74) is 6.59. The lowest BCUT2D eigenvalue weighted by Gasteiger charge is -2.03. The second-order valence-corrected chi connectivity index (χ2v) is 3.38. The number of carbonyl (C=O) groups is 1. The highest BCUT2D eigenvalue weighted by Gasteiger charge is 2.05. The molecule has 1 unspecified atom stereocenters. The molecule has 13 heavy (non-hydrogen) atoms. The van der Waals surface area contributed by atoms with Crippen LogP contribution >= 0.6 is 0 Å². The number of nitrogens with two attached hydrogens (primary N) is 1. The molecule has 0 aliphatic rings. The standard InChI is InChI=1S/C11H15NO/c1-9(12)7-11(13)8-10-5-3-2-4-6-10/h2-6,9H,7-8,12H2,1H3. The van der Waals surface area contributed by atoms with Crippen molar-refractivity contribution >= 4 is 5.78 Å². The van der Waals surface area contributed by atoms with E-state index in [1.54, 1.807) is 0 Å². The molecule has 0 bridgehead atoms. The van der Waals surface area contributed by atoms with Crippen molar-refractivity contribution in [3.8, 4) is 0 Å². The lowest BCUT2D eigenvalue weighted by atomic mass is 10.0. The minimum Gasteiger partial charge on any atom is -0.328 e. The lowest BCUT2D eigenvalue weighted by molar-refractivity contribution is -0.118. The van der Waals surface area contributed by atoms with Gasteiger partial charge in [0, 0.05) is 18.9 Å². The number of benzene rings is 1. The molecular weight excluding hydrogens is 162 g/mol. The Morgan fingerprint density at radius 1 is 1.38 bits per heavy atom. The van der Waals surface area contributed by atoms with Gasteiger partial charge in [-0.25, -0.2) is 0 Å². The van der Waals surface area contributed by atoms with E-state index in [0.717, 1.165) is 5.56 Å². The second-order valence-electron chi connectivity index (χ2n) is 3.38. The third-order valence-electron chi connectivity index (χ3n) is 1.79. The van der Waals surface area contributed by atoms with Crippen LogP contribution in [0.3, 0.4) is 0 Å². The monoisotopic (exact) mass is 177 g/mol. The molecular formula is C11H15NO. The molecule has 2 N–H and O–H groups in total. The highest BCUT2D eigenvalue weighted by atomic mass is 16.1. The van der Waals surface area contributed by atoms with Gasteiger partial charge in [0.2, 0.25) is 0 Å². The summed E-state index contributed by atoms with van der Waals surface area (Å²) in [6.45, 7) is 1.85. The summed E-state index contributed by atoms with van der Waals surface area (Å²) in [6.07, 6.45) is 0.970. The smallest absolute Gasteiger partial charge is 0.138 e. The first-order chi connectivity index (χ1) is 6.18. The van der Waals surface area contributed by atoms with Gasteiger partial charge in [-0.2, -0.15) is 0 Å². The maximum absolute atomic E-state index is 11.3. The van der Waals surface area contributed by atoms with Crippen LogP contribution in [0.2, 0.25) is 0 Å². The Labute approximate surface area is 78.8 Å². The molecule has 1 aromatic carbocycles. The first kappa shape index (κ1) is 9.93. The van der Waals surface area contributed by atoms with Crippen molar-refractivity contribution in [3.05, 3.63) is 35.9 Å². The number of hydrogen-bond acceptors (Lipinski definition) is 2. The normalized spacial score (nSPS) is 12.5. The highest BCUT2D eigenvalue weighted by Crippen LogP contribution is 2.02. The number of carbonyl (C=O) groups excluding carboxylic acids is 1. The molecule has 0 aliphatic heterocycles. The third kappa shape index (κ3) is 3.85. The third-order valence-corrected chi connectivity index (χ3v) is 1.79. The van der Waals surface area contributed by atoms with Crippen molar-refractivity contribution in [2.75, 3.05) is 0 Å². The van der Waals surface area contributed by atoms with E-state index in [4.69, 9.17) is 5.73 Å². The summed E-state index contributed by atoms with van der Waals surface area (Å²) in [5.74, 6) is 0.209. The van der Waals surface area contributed by atoms with Gasteiger partial charge >= 0.3 is 0 Å². The molecule has 0 heterocycles.